The predicted molar refractivity (Wildman–Crippen MR) is 88.5 cm³/mol. The van der Waals surface area contributed by atoms with Crippen LogP contribution in [0.15, 0.2) is 18.2 Å². The van der Waals surface area contributed by atoms with Crippen LogP contribution in [0.1, 0.15) is 44.9 Å². The molecular weight excluding hydrogens is 322 g/mol. The molecule has 2 aromatic rings. The molecule has 1 aliphatic heterocycles. The maximum atomic E-state index is 12.2. The van der Waals surface area contributed by atoms with E-state index in [2.05, 4.69) is 15.5 Å². The second-order valence-corrected chi connectivity index (χ2v) is 6.62. The van der Waals surface area contributed by atoms with Gasteiger partial charge in [0.25, 0.3) is 0 Å². The molecule has 0 unspecified atom stereocenters. The van der Waals surface area contributed by atoms with Crippen LogP contribution in [0.5, 0.6) is 11.5 Å². The molecule has 0 bridgehead atoms. The molecule has 8 heteroatoms. The molecule has 1 aromatic carbocycles. The Hall–Kier alpha value is -2.64. The molecule has 1 amide bonds. The van der Waals surface area contributed by atoms with Crippen molar-refractivity contribution in [3.63, 3.8) is 0 Å². The number of aromatic nitrogens is 4. The average molecular weight is 343 g/mol. The number of tetrazole rings is 1. The van der Waals surface area contributed by atoms with Crippen LogP contribution in [0.2, 0.25) is 0 Å². The Kier molecular flexibility index (Phi) is 3.82. The maximum absolute atomic E-state index is 12.2. The van der Waals surface area contributed by atoms with Crippen LogP contribution in [-0.2, 0) is 10.3 Å². The second-order valence-electron chi connectivity index (χ2n) is 6.62. The van der Waals surface area contributed by atoms with Gasteiger partial charge in [-0.1, -0.05) is 19.3 Å². The first-order valence-corrected chi connectivity index (χ1v) is 8.55. The van der Waals surface area contributed by atoms with Gasteiger partial charge < -0.3 is 14.4 Å². The van der Waals surface area contributed by atoms with Gasteiger partial charge in [-0.25, -0.2) is 0 Å². The summed E-state index contributed by atoms with van der Waals surface area (Å²) in [6, 6.07) is 5.62. The fraction of sp³-hybridized carbons (Fsp3) is 0.529. The standard InChI is InChI=1S/C17H21N5O3/c1-12(23)21(2)17(8-4-3-5-9-17)16-18-19-20-22(16)13-6-7-14-15(10-13)25-11-24-14/h6-7,10H,3-5,8-9,11H2,1-2H3. The van der Waals surface area contributed by atoms with Gasteiger partial charge in [-0.05, 0) is 35.4 Å². The molecule has 0 spiro atoms. The van der Waals surface area contributed by atoms with Crippen LogP contribution in [-0.4, -0.2) is 44.9 Å². The van der Waals surface area contributed by atoms with Gasteiger partial charge >= 0.3 is 0 Å². The van der Waals surface area contributed by atoms with E-state index in [1.54, 1.807) is 16.5 Å². The van der Waals surface area contributed by atoms with E-state index in [1.165, 1.54) is 6.42 Å². The zero-order valence-corrected chi connectivity index (χ0v) is 14.4. The SMILES string of the molecule is CC(=O)N(C)C1(c2nnnn2-c2ccc3c(c2)OCO3)CCCCC1. The molecule has 25 heavy (non-hydrogen) atoms. The third kappa shape index (κ3) is 2.52. The number of fused-ring (bicyclic) bond motifs is 1. The summed E-state index contributed by atoms with van der Waals surface area (Å²) in [5, 5.41) is 12.4. The fourth-order valence-electron chi connectivity index (χ4n) is 3.82. The topological polar surface area (TPSA) is 82.4 Å². The van der Waals surface area contributed by atoms with Crippen molar-refractivity contribution < 1.29 is 14.3 Å². The lowest BCUT2D eigenvalue weighted by Gasteiger charge is -2.42. The Morgan fingerprint density at radius 3 is 2.72 bits per heavy atom. The molecule has 2 aliphatic rings. The van der Waals surface area contributed by atoms with E-state index in [9.17, 15) is 4.79 Å². The summed E-state index contributed by atoms with van der Waals surface area (Å²) in [5.41, 5.74) is 0.315. The zero-order chi connectivity index (χ0) is 17.4. The van der Waals surface area contributed by atoms with Crippen molar-refractivity contribution >= 4 is 5.91 Å². The summed E-state index contributed by atoms with van der Waals surface area (Å²) in [7, 11) is 1.84. The van der Waals surface area contributed by atoms with E-state index in [4.69, 9.17) is 9.47 Å². The second kappa shape index (κ2) is 6.02. The van der Waals surface area contributed by atoms with E-state index in [-0.39, 0.29) is 12.7 Å². The quantitative estimate of drug-likeness (QED) is 0.848. The molecule has 0 saturated heterocycles. The van der Waals surface area contributed by atoms with Gasteiger partial charge in [0.2, 0.25) is 12.7 Å². The van der Waals surface area contributed by atoms with Gasteiger partial charge in [0.1, 0.15) is 5.54 Å². The summed E-state index contributed by atoms with van der Waals surface area (Å²) in [6.45, 7) is 1.81. The van der Waals surface area contributed by atoms with Crippen molar-refractivity contribution in [2.24, 2.45) is 0 Å². The molecule has 0 radical (unpaired) electrons. The molecule has 2 heterocycles. The first kappa shape index (κ1) is 15.9. The van der Waals surface area contributed by atoms with E-state index < -0.39 is 5.54 Å². The van der Waals surface area contributed by atoms with Crippen LogP contribution in [0.25, 0.3) is 5.69 Å². The number of carbonyl (C=O) groups is 1. The van der Waals surface area contributed by atoms with Crippen molar-refractivity contribution in [3.05, 3.63) is 24.0 Å². The minimum Gasteiger partial charge on any atom is -0.454 e. The highest BCUT2D eigenvalue weighted by Crippen LogP contribution is 2.42. The van der Waals surface area contributed by atoms with Gasteiger partial charge in [0.15, 0.2) is 17.3 Å². The largest absolute Gasteiger partial charge is 0.454 e. The molecule has 1 fully saturated rings. The summed E-state index contributed by atoms with van der Waals surface area (Å²) in [6.07, 6.45) is 4.97. The number of hydrogen-bond acceptors (Lipinski definition) is 6. The molecule has 1 aromatic heterocycles. The van der Waals surface area contributed by atoms with E-state index >= 15 is 0 Å². The third-order valence-corrected chi connectivity index (χ3v) is 5.28. The van der Waals surface area contributed by atoms with Crippen LogP contribution in [0, 0.1) is 0 Å². The Morgan fingerprint density at radius 2 is 1.96 bits per heavy atom. The van der Waals surface area contributed by atoms with Crippen LogP contribution >= 0.6 is 0 Å². The van der Waals surface area contributed by atoms with E-state index in [1.807, 2.05) is 25.2 Å². The minimum atomic E-state index is -0.482. The number of carbonyl (C=O) groups excluding carboxylic acids is 1. The molecule has 1 aliphatic carbocycles. The molecule has 0 N–H and O–H groups in total. The highest BCUT2D eigenvalue weighted by atomic mass is 16.7. The highest BCUT2D eigenvalue weighted by molar-refractivity contribution is 5.74. The van der Waals surface area contributed by atoms with E-state index in [0.717, 1.165) is 31.4 Å². The summed E-state index contributed by atoms with van der Waals surface area (Å²) in [4.78, 5) is 13.9. The molecule has 8 nitrogen and oxygen atoms in total. The lowest BCUT2D eigenvalue weighted by atomic mass is 9.79. The van der Waals surface area contributed by atoms with Gasteiger partial charge in [-0.15, -0.1) is 5.10 Å². The van der Waals surface area contributed by atoms with Crippen molar-refractivity contribution in [3.8, 4) is 17.2 Å². The fourth-order valence-corrected chi connectivity index (χ4v) is 3.82. The number of amides is 1. The van der Waals surface area contributed by atoms with Crippen LogP contribution in [0.3, 0.4) is 0 Å². The third-order valence-electron chi connectivity index (χ3n) is 5.28. The van der Waals surface area contributed by atoms with Crippen molar-refractivity contribution in [1.29, 1.82) is 0 Å². The summed E-state index contributed by atoms with van der Waals surface area (Å²) >= 11 is 0. The Morgan fingerprint density at radius 1 is 1.20 bits per heavy atom. The smallest absolute Gasteiger partial charge is 0.231 e. The Balaban J connectivity index is 1.80. The number of nitrogens with zero attached hydrogens (tertiary/aromatic N) is 5. The molecule has 0 atom stereocenters. The number of hydrogen-bond donors (Lipinski definition) is 0. The maximum Gasteiger partial charge on any atom is 0.231 e. The highest BCUT2D eigenvalue weighted by Gasteiger charge is 2.44. The normalized spacial score (nSPS) is 18.2. The monoisotopic (exact) mass is 343 g/mol. The first-order chi connectivity index (χ1) is 12.1. The first-order valence-electron chi connectivity index (χ1n) is 8.55. The van der Waals surface area contributed by atoms with Gasteiger partial charge in [0, 0.05) is 20.0 Å². The predicted octanol–water partition coefficient (Wildman–Crippen LogP) is 2.03. The number of ether oxygens (including phenoxy) is 2. The van der Waals surface area contributed by atoms with Gasteiger partial charge in [0.05, 0.1) is 5.69 Å². The molecular formula is C17H21N5O3. The average Bonchev–Trinajstić information content (AvgIpc) is 3.30. The van der Waals surface area contributed by atoms with Gasteiger partial charge in [-0.3, -0.25) is 4.79 Å². The van der Waals surface area contributed by atoms with Crippen LogP contribution in [0.4, 0.5) is 0 Å². The summed E-state index contributed by atoms with van der Waals surface area (Å²) < 4.78 is 12.6. The van der Waals surface area contributed by atoms with Crippen molar-refractivity contribution in [1.82, 2.24) is 25.1 Å². The Labute approximate surface area is 145 Å². The van der Waals surface area contributed by atoms with Crippen LogP contribution < -0.4 is 9.47 Å². The van der Waals surface area contributed by atoms with Gasteiger partial charge in [-0.2, -0.15) is 4.68 Å². The number of rotatable bonds is 3. The summed E-state index contributed by atoms with van der Waals surface area (Å²) in [5.74, 6) is 2.11. The Bertz CT molecular complexity index is 797. The molecule has 4 rings (SSSR count). The van der Waals surface area contributed by atoms with Crippen molar-refractivity contribution in [2.45, 2.75) is 44.6 Å². The van der Waals surface area contributed by atoms with E-state index in [0.29, 0.717) is 17.3 Å². The number of benzene rings is 1. The minimum absolute atomic E-state index is 0.0159. The zero-order valence-electron chi connectivity index (χ0n) is 14.4. The lowest BCUT2D eigenvalue weighted by Crippen LogP contribution is -2.49. The lowest BCUT2D eigenvalue weighted by molar-refractivity contribution is -0.135. The van der Waals surface area contributed by atoms with Crippen molar-refractivity contribution in [2.75, 3.05) is 13.8 Å². The molecule has 1 saturated carbocycles. The molecule has 132 valence electrons.